The lowest BCUT2D eigenvalue weighted by Crippen LogP contribution is -2.37. The summed E-state index contributed by atoms with van der Waals surface area (Å²) in [5.41, 5.74) is 6.56. The molecule has 0 radical (unpaired) electrons. The van der Waals surface area contributed by atoms with Crippen molar-refractivity contribution >= 4 is 21.8 Å². The van der Waals surface area contributed by atoms with Crippen LogP contribution in [-0.4, -0.2) is 63.7 Å². The van der Waals surface area contributed by atoms with Crippen LogP contribution in [0.25, 0.3) is 21.8 Å². The molecular formula is C33H43N5O. The van der Waals surface area contributed by atoms with Crippen LogP contribution in [0.4, 0.5) is 0 Å². The lowest BCUT2D eigenvalue weighted by atomic mass is 9.90. The second-order valence-corrected chi connectivity index (χ2v) is 11.3. The molecule has 0 spiro atoms. The Balaban J connectivity index is 1.34. The van der Waals surface area contributed by atoms with Crippen LogP contribution in [0.2, 0.25) is 0 Å². The number of hydrogen-bond donors (Lipinski definition) is 0. The molecule has 0 bridgehead atoms. The maximum atomic E-state index is 5.56. The highest BCUT2D eigenvalue weighted by atomic mass is 16.5. The van der Waals surface area contributed by atoms with E-state index in [9.17, 15) is 0 Å². The van der Waals surface area contributed by atoms with Gasteiger partial charge < -0.3 is 9.30 Å². The molecule has 4 aromatic rings. The highest BCUT2D eigenvalue weighted by Gasteiger charge is 2.28. The third-order valence-electron chi connectivity index (χ3n) is 8.72. The van der Waals surface area contributed by atoms with Gasteiger partial charge in [-0.3, -0.25) is 19.8 Å². The van der Waals surface area contributed by atoms with E-state index in [0.717, 1.165) is 65.3 Å². The van der Waals surface area contributed by atoms with Crippen molar-refractivity contribution in [1.82, 2.24) is 24.3 Å². The molecule has 6 heteroatoms. The molecule has 1 aromatic carbocycles. The molecule has 6 nitrogen and oxygen atoms in total. The van der Waals surface area contributed by atoms with Crippen molar-refractivity contribution in [2.45, 2.75) is 71.0 Å². The largest absolute Gasteiger partial charge is 0.379 e. The van der Waals surface area contributed by atoms with Crippen molar-refractivity contribution in [3.8, 4) is 0 Å². The Hall–Kier alpha value is -2.80. The summed E-state index contributed by atoms with van der Waals surface area (Å²) in [5, 5.41) is 2.67. The molecule has 3 aromatic heterocycles. The molecule has 1 atom stereocenters. The van der Waals surface area contributed by atoms with Crippen molar-refractivity contribution in [2.24, 2.45) is 0 Å². The molecule has 1 unspecified atom stereocenters. The summed E-state index contributed by atoms with van der Waals surface area (Å²) in [6, 6.07) is 15.9. The van der Waals surface area contributed by atoms with Crippen LogP contribution in [0.15, 0.2) is 54.9 Å². The first-order valence-electron chi connectivity index (χ1n) is 15.2. The minimum Gasteiger partial charge on any atom is -0.379 e. The normalized spacial score (nSPS) is 18.3. The number of aromatic nitrogens is 3. The molecule has 39 heavy (non-hydrogen) atoms. The third-order valence-corrected chi connectivity index (χ3v) is 8.72. The van der Waals surface area contributed by atoms with E-state index >= 15 is 0 Å². The summed E-state index contributed by atoms with van der Waals surface area (Å²) in [7, 11) is 0. The number of benzene rings is 1. The van der Waals surface area contributed by atoms with Gasteiger partial charge in [0.15, 0.2) is 0 Å². The molecule has 0 saturated carbocycles. The van der Waals surface area contributed by atoms with Crippen molar-refractivity contribution in [3.63, 3.8) is 0 Å². The number of ether oxygens (including phenoxy) is 1. The van der Waals surface area contributed by atoms with E-state index in [4.69, 9.17) is 14.7 Å². The van der Waals surface area contributed by atoms with Crippen LogP contribution >= 0.6 is 0 Å². The lowest BCUT2D eigenvalue weighted by molar-refractivity contribution is 0.0370. The molecule has 1 aliphatic carbocycles. The van der Waals surface area contributed by atoms with E-state index in [0.29, 0.717) is 6.04 Å². The fraction of sp³-hybridized carbons (Fsp3) is 0.515. The van der Waals surface area contributed by atoms with Gasteiger partial charge in [-0.25, -0.2) is 0 Å². The smallest absolute Gasteiger partial charge is 0.0786 e. The number of pyridine rings is 2. The van der Waals surface area contributed by atoms with Crippen molar-refractivity contribution in [1.29, 1.82) is 0 Å². The van der Waals surface area contributed by atoms with Crippen LogP contribution < -0.4 is 0 Å². The lowest BCUT2D eigenvalue weighted by Gasteiger charge is -2.35. The molecular weight excluding hydrogens is 482 g/mol. The second-order valence-electron chi connectivity index (χ2n) is 11.3. The Labute approximate surface area is 233 Å². The molecule has 6 rings (SSSR count). The Morgan fingerprint density at radius 3 is 2.72 bits per heavy atom. The van der Waals surface area contributed by atoms with Gasteiger partial charge in [-0.1, -0.05) is 44.0 Å². The predicted molar refractivity (Wildman–Crippen MR) is 159 cm³/mol. The first-order valence-corrected chi connectivity index (χ1v) is 15.2. The summed E-state index contributed by atoms with van der Waals surface area (Å²) < 4.78 is 8.12. The van der Waals surface area contributed by atoms with E-state index in [1.165, 1.54) is 70.9 Å². The zero-order chi connectivity index (χ0) is 26.4. The van der Waals surface area contributed by atoms with Crippen molar-refractivity contribution < 1.29 is 4.74 Å². The summed E-state index contributed by atoms with van der Waals surface area (Å²) in [5.74, 6) is 0. The van der Waals surface area contributed by atoms with Crippen LogP contribution in [0.1, 0.15) is 68.4 Å². The zero-order valence-corrected chi connectivity index (χ0v) is 23.5. The molecule has 206 valence electrons. The monoisotopic (exact) mass is 525 g/mol. The maximum absolute atomic E-state index is 5.56. The fourth-order valence-electron chi connectivity index (χ4n) is 6.74. The van der Waals surface area contributed by atoms with Gasteiger partial charge in [0.25, 0.3) is 0 Å². The number of rotatable bonds is 11. The van der Waals surface area contributed by atoms with Crippen LogP contribution in [-0.2, 0) is 24.2 Å². The number of unbranched alkanes of at least 4 members (excludes halogenated alkanes) is 2. The first kappa shape index (κ1) is 26.4. The van der Waals surface area contributed by atoms with E-state index < -0.39 is 0 Å². The molecule has 0 N–H and O–H groups in total. The highest BCUT2D eigenvalue weighted by molar-refractivity contribution is 6.08. The van der Waals surface area contributed by atoms with Crippen molar-refractivity contribution in [3.05, 3.63) is 71.8 Å². The Morgan fingerprint density at radius 1 is 0.923 bits per heavy atom. The molecule has 0 amide bonds. The number of aryl methyl sites for hydroxylation is 2. The number of hydrogen-bond acceptors (Lipinski definition) is 5. The van der Waals surface area contributed by atoms with Gasteiger partial charge >= 0.3 is 0 Å². The highest BCUT2D eigenvalue weighted by Crippen LogP contribution is 2.36. The first-order chi connectivity index (χ1) is 19.3. The Bertz CT molecular complexity index is 1380. The van der Waals surface area contributed by atoms with Crippen LogP contribution in [0.5, 0.6) is 0 Å². The SMILES string of the molecule is CCCCCN(Cc1nccc2c3ccccc3n(CCCN3CCOCC3)c12)C1CCCc2cccnc21. The fourth-order valence-corrected chi connectivity index (χ4v) is 6.74. The topological polar surface area (TPSA) is 46.4 Å². The molecule has 1 saturated heterocycles. The van der Waals surface area contributed by atoms with Gasteiger partial charge in [0.1, 0.15) is 0 Å². The van der Waals surface area contributed by atoms with Gasteiger partial charge in [-0.05, 0) is 62.4 Å². The average Bonchev–Trinajstić information content (AvgIpc) is 3.31. The van der Waals surface area contributed by atoms with Gasteiger partial charge in [-0.2, -0.15) is 0 Å². The number of fused-ring (bicyclic) bond motifs is 4. The van der Waals surface area contributed by atoms with Crippen molar-refractivity contribution in [2.75, 3.05) is 39.4 Å². The zero-order valence-electron chi connectivity index (χ0n) is 23.5. The molecule has 2 aliphatic rings. The predicted octanol–water partition coefficient (Wildman–Crippen LogP) is 6.38. The standard InChI is InChI=1S/C33H43N5O/c1-2-3-6-19-37(31-14-7-10-26-11-8-16-35-32(26)31)25-29-33-28(15-17-34-29)27-12-4-5-13-30(27)38(33)20-9-18-36-21-23-39-24-22-36/h4-5,8,11-13,15-17,31H,2-3,6-7,9-10,14,18-25H2,1H3. The number of morpholine rings is 1. The molecule has 1 aliphatic heterocycles. The Morgan fingerprint density at radius 2 is 1.82 bits per heavy atom. The minimum absolute atomic E-state index is 0.364. The minimum atomic E-state index is 0.364. The number of para-hydroxylation sites is 1. The van der Waals surface area contributed by atoms with Gasteiger partial charge in [0, 0.05) is 61.4 Å². The maximum Gasteiger partial charge on any atom is 0.0786 e. The van der Waals surface area contributed by atoms with E-state index in [1.807, 2.05) is 12.4 Å². The summed E-state index contributed by atoms with van der Waals surface area (Å²) in [6.45, 7) is 10.2. The van der Waals surface area contributed by atoms with E-state index in [1.54, 1.807) is 0 Å². The molecule has 4 heterocycles. The second kappa shape index (κ2) is 12.6. The van der Waals surface area contributed by atoms with Crippen LogP contribution in [0.3, 0.4) is 0 Å². The quantitative estimate of drug-likeness (QED) is 0.213. The average molecular weight is 526 g/mol. The Kier molecular flexibility index (Phi) is 8.53. The van der Waals surface area contributed by atoms with Crippen LogP contribution in [0, 0.1) is 0 Å². The summed E-state index contributed by atoms with van der Waals surface area (Å²) in [4.78, 5) is 15.2. The van der Waals surface area contributed by atoms with Gasteiger partial charge in [-0.15, -0.1) is 0 Å². The summed E-state index contributed by atoms with van der Waals surface area (Å²) >= 11 is 0. The third kappa shape index (κ3) is 5.74. The van der Waals surface area contributed by atoms with Gasteiger partial charge in [0.05, 0.1) is 36.2 Å². The van der Waals surface area contributed by atoms with Gasteiger partial charge in [0.2, 0.25) is 0 Å². The molecule has 1 fully saturated rings. The summed E-state index contributed by atoms with van der Waals surface area (Å²) in [6.07, 6.45) is 12.4. The van der Waals surface area contributed by atoms with E-state index in [-0.39, 0.29) is 0 Å². The number of nitrogens with zero attached hydrogens (tertiary/aromatic N) is 5. The van der Waals surface area contributed by atoms with E-state index in [2.05, 4.69) is 63.8 Å².